The Labute approximate surface area is 136 Å². The van der Waals surface area contributed by atoms with Crippen molar-refractivity contribution in [3.8, 4) is 0 Å². The van der Waals surface area contributed by atoms with Gasteiger partial charge in [-0.15, -0.1) is 0 Å². The molecule has 1 heterocycles. The van der Waals surface area contributed by atoms with Crippen molar-refractivity contribution < 1.29 is 9.59 Å². The molecule has 2 atom stereocenters. The number of nitrogens with zero attached hydrogens (tertiary/aromatic N) is 2. The van der Waals surface area contributed by atoms with Gasteiger partial charge in [-0.3, -0.25) is 9.59 Å². The van der Waals surface area contributed by atoms with Gasteiger partial charge in [-0.05, 0) is 39.5 Å². The molecule has 0 spiro atoms. The number of piperazine rings is 1. The summed E-state index contributed by atoms with van der Waals surface area (Å²) in [5, 5.41) is 0. The summed E-state index contributed by atoms with van der Waals surface area (Å²) < 4.78 is 0. The fraction of sp³-hybridized carbons (Fsp3) is 0.889. The Morgan fingerprint density at radius 2 is 1.05 bits per heavy atom. The molecule has 0 aromatic rings. The van der Waals surface area contributed by atoms with Gasteiger partial charge >= 0.3 is 0 Å². The van der Waals surface area contributed by atoms with Crippen LogP contribution in [0.1, 0.15) is 67.2 Å². The maximum absolute atomic E-state index is 12.7. The minimum atomic E-state index is 0.114. The molecule has 2 unspecified atom stereocenters. The zero-order valence-electron chi connectivity index (χ0n) is 15.3. The van der Waals surface area contributed by atoms with Crippen LogP contribution < -0.4 is 0 Å². The molecule has 0 N–H and O–H groups in total. The van der Waals surface area contributed by atoms with Gasteiger partial charge in [0, 0.05) is 37.0 Å². The molecule has 4 heteroatoms. The predicted molar refractivity (Wildman–Crippen MR) is 90.5 cm³/mol. The number of rotatable bonds is 6. The van der Waals surface area contributed by atoms with Gasteiger partial charge in [0.1, 0.15) is 0 Å². The first-order valence-electron chi connectivity index (χ1n) is 9.01. The summed E-state index contributed by atoms with van der Waals surface area (Å²) in [6.07, 6.45) is 3.57. The molecule has 4 nitrogen and oxygen atoms in total. The summed E-state index contributed by atoms with van der Waals surface area (Å²) in [6, 6.07) is 0.227. The Morgan fingerprint density at radius 3 is 1.27 bits per heavy atom. The Kier molecular flexibility index (Phi) is 7.37. The van der Waals surface area contributed by atoms with Crippen LogP contribution in [0.3, 0.4) is 0 Å². The van der Waals surface area contributed by atoms with Crippen LogP contribution >= 0.6 is 0 Å². The highest BCUT2D eigenvalue weighted by atomic mass is 16.2. The first-order chi connectivity index (χ1) is 10.4. The van der Waals surface area contributed by atoms with E-state index in [0.717, 1.165) is 25.7 Å². The van der Waals surface area contributed by atoms with Crippen LogP contribution in [0.5, 0.6) is 0 Å². The van der Waals surface area contributed by atoms with E-state index >= 15 is 0 Å². The highest BCUT2D eigenvalue weighted by Gasteiger charge is 2.37. The van der Waals surface area contributed by atoms with E-state index in [1.54, 1.807) is 0 Å². The lowest BCUT2D eigenvalue weighted by Crippen LogP contribution is -2.61. The molecule has 22 heavy (non-hydrogen) atoms. The molecule has 0 aromatic heterocycles. The van der Waals surface area contributed by atoms with Crippen molar-refractivity contribution >= 4 is 11.8 Å². The van der Waals surface area contributed by atoms with Crippen LogP contribution in [0.2, 0.25) is 0 Å². The quantitative estimate of drug-likeness (QED) is 0.755. The van der Waals surface area contributed by atoms with Crippen molar-refractivity contribution in [2.45, 2.75) is 79.3 Å². The molecule has 1 aliphatic rings. The molecule has 0 saturated carbocycles. The van der Waals surface area contributed by atoms with E-state index in [0.29, 0.717) is 13.1 Å². The lowest BCUT2D eigenvalue weighted by atomic mass is 9.96. The van der Waals surface area contributed by atoms with Crippen LogP contribution in [0.25, 0.3) is 0 Å². The summed E-state index contributed by atoms with van der Waals surface area (Å²) in [5.74, 6) is 0.768. The molecule has 0 aromatic carbocycles. The van der Waals surface area contributed by atoms with E-state index in [9.17, 15) is 9.59 Å². The number of hydrogen-bond donors (Lipinski definition) is 0. The fourth-order valence-corrected chi connectivity index (χ4v) is 3.49. The molecule has 0 radical (unpaired) electrons. The van der Waals surface area contributed by atoms with E-state index in [2.05, 4.69) is 41.5 Å². The average molecular weight is 310 g/mol. The molecule has 1 aliphatic heterocycles. The summed E-state index contributed by atoms with van der Waals surface area (Å²) in [6.45, 7) is 13.8. The van der Waals surface area contributed by atoms with Gasteiger partial charge in [0.25, 0.3) is 0 Å². The summed E-state index contributed by atoms with van der Waals surface area (Å²) in [5.41, 5.74) is 0. The number of amides is 2. The Bertz CT molecular complexity index is 339. The molecule has 1 saturated heterocycles. The Balaban J connectivity index is 2.80. The fourth-order valence-electron chi connectivity index (χ4n) is 3.49. The Morgan fingerprint density at radius 1 is 0.773 bits per heavy atom. The van der Waals surface area contributed by atoms with Crippen LogP contribution in [-0.2, 0) is 9.59 Å². The topological polar surface area (TPSA) is 40.6 Å². The second-order valence-electron chi connectivity index (χ2n) is 6.71. The molecule has 128 valence electrons. The second-order valence-corrected chi connectivity index (χ2v) is 6.71. The number of carbonyl (C=O) groups is 2. The first kappa shape index (κ1) is 19.0. The van der Waals surface area contributed by atoms with Gasteiger partial charge in [-0.1, -0.05) is 27.7 Å². The third-order valence-corrected chi connectivity index (χ3v) is 5.22. The van der Waals surface area contributed by atoms with Gasteiger partial charge in [0.15, 0.2) is 0 Å². The third-order valence-electron chi connectivity index (χ3n) is 5.22. The molecule has 1 rings (SSSR count). The molecular formula is C18H34N2O2. The van der Waals surface area contributed by atoms with E-state index in [1.165, 1.54) is 0 Å². The standard InChI is InChI=1S/C18H34N2O2/c1-7-15(8-2)17(21)19-11-14(6)20(12-13(19)5)18(22)16(9-3)10-4/h13-16H,7-12H2,1-6H3. The van der Waals surface area contributed by atoms with Crippen LogP contribution in [0.4, 0.5) is 0 Å². The maximum atomic E-state index is 12.7. The highest BCUT2D eigenvalue weighted by Crippen LogP contribution is 2.23. The predicted octanol–water partition coefficient (Wildman–Crippen LogP) is 3.31. The van der Waals surface area contributed by atoms with Crippen molar-refractivity contribution in [1.29, 1.82) is 0 Å². The van der Waals surface area contributed by atoms with Crippen molar-refractivity contribution in [2.24, 2.45) is 11.8 Å². The van der Waals surface area contributed by atoms with Gasteiger partial charge in [0.2, 0.25) is 11.8 Å². The summed E-state index contributed by atoms with van der Waals surface area (Å²) >= 11 is 0. The number of hydrogen-bond acceptors (Lipinski definition) is 2. The zero-order valence-corrected chi connectivity index (χ0v) is 15.3. The SMILES string of the molecule is CCC(CC)C(=O)N1CC(C)N(C(=O)C(CC)CC)CC1C. The van der Waals surface area contributed by atoms with Crippen molar-refractivity contribution in [3.63, 3.8) is 0 Å². The summed E-state index contributed by atoms with van der Waals surface area (Å²) in [7, 11) is 0. The van der Waals surface area contributed by atoms with Gasteiger partial charge in [-0.25, -0.2) is 0 Å². The Hall–Kier alpha value is -1.06. The van der Waals surface area contributed by atoms with Gasteiger partial charge in [-0.2, -0.15) is 0 Å². The molecule has 0 bridgehead atoms. The lowest BCUT2D eigenvalue weighted by molar-refractivity contribution is -0.150. The van der Waals surface area contributed by atoms with Crippen molar-refractivity contribution in [2.75, 3.05) is 13.1 Å². The number of carbonyl (C=O) groups excluding carboxylic acids is 2. The van der Waals surface area contributed by atoms with Crippen molar-refractivity contribution in [1.82, 2.24) is 9.80 Å². The highest BCUT2D eigenvalue weighted by molar-refractivity contribution is 5.81. The lowest BCUT2D eigenvalue weighted by Gasteiger charge is -2.46. The van der Waals surface area contributed by atoms with Gasteiger partial charge in [0.05, 0.1) is 0 Å². The van der Waals surface area contributed by atoms with E-state index < -0.39 is 0 Å². The largest absolute Gasteiger partial charge is 0.336 e. The molecule has 0 aliphatic carbocycles. The van der Waals surface area contributed by atoms with Crippen LogP contribution in [0, 0.1) is 11.8 Å². The normalized spacial score (nSPS) is 22.5. The molecular weight excluding hydrogens is 276 g/mol. The van der Waals surface area contributed by atoms with E-state index in [-0.39, 0.29) is 35.7 Å². The second kappa shape index (κ2) is 8.54. The zero-order chi connectivity index (χ0) is 16.9. The first-order valence-corrected chi connectivity index (χ1v) is 9.01. The third kappa shape index (κ3) is 4.02. The monoisotopic (exact) mass is 310 g/mol. The van der Waals surface area contributed by atoms with E-state index in [4.69, 9.17) is 0 Å². The van der Waals surface area contributed by atoms with Gasteiger partial charge < -0.3 is 9.80 Å². The minimum absolute atomic E-state index is 0.114. The molecule has 2 amide bonds. The minimum Gasteiger partial charge on any atom is -0.336 e. The maximum Gasteiger partial charge on any atom is 0.226 e. The average Bonchev–Trinajstić information content (AvgIpc) is 2.51. The van der Waals surface area contributed by atoms with E-state index in [1.807, 2.05) is 9.80 Å². The molecule has 1 fully saturated rings. The summed E-state index contributed by atoms with van der Waals surface area (Å²) in [4.78, 5) is 29.3. The van der Waals surface area contributed by atoms with Crippen molar-refractivity contribution in [3.05, 3.63) is 0 Å². The van der Waals surface area contributed by atoms with Crippen LogP contribution in [-0.4, -0.2) is 46.8 Å². The van der Waals surface area contributed by atoms with Crippen LogP contribution in [0.15, 0.2) is 0 Å². The smallest absolute Gasteiger partial charge is 0.226 e.